The van der Waals surface area contributed by atoms with Crippen molar-refractivity contribution in [2.75, 3.05) is 0 Å². The van der Waals surface area contributed by atoms with Gasteiger partial charge in [-0.05, 0) is 42.8 Å². The van der Waals surface area contributed by atoms with Crippen LogP contribution in [0.1, 0.15) is 21.5 Å². The number of benzene rings is 2. The number of rotatable bonds is 2. The summed E-state index contributed by atoms with van der Waals surface area (Å²) in [6.45, 7) is 1.91. The molecule has 0 aliphatic heterocycles. The Morgan fingerprint density at radius 3 is 2.80 bits per heavy atom. The largest absolute Gasteiger partial charge is 0.360 e. The molecule has 2 nitrogen and oxygen atoms in total. The van der Waals surface area contributed by atoms with Crippen LogP contribution in [-0.2, 0) is 0 Å². The lowest BCUT2D eigenvalue weighted by atomic mass is 10.0. The van der Waals surface area contributed by atoms with Gasteiger partial charge in [-0.3, -0.25) is 4.79 Å². The van der Waals surface area contributed by atoms with E-state index in [9.17, 15) is 9.18 Å². The lowest BCUT2D eigenvalue weighted by Crippen LogP contribution is -2.01. The molecule has 2 aromatic carbocycles. The van der Waals surface area contributed by atoms with Crippen LogP contribution in [0, 0.1) is 12.7 Å². The normalized spacial score (nSPS) is 10.9. The zero-order chi connectivity index (χ0) is 14.3. The summed E-state index contributed by atoms with van der Waals surface area (Å²) in [5.41, 5.74) is 2.51. The Hall–Kier alpha value is -1.94. The summed E-state index contributed by atoms with van der Waals surface area (Å²) in [4.78, 5) is 15.5. The van der Waals surface area contributed by atoms with Crippen molar-refractivity contribution in [1.82, 2.24) is 4.98 Å². The number of halogens is 2. The molecule has 0 aliphatic carbocycles. The minimum atomic E-state index is -0.388. The molecule has 0 bridgehead atoms. The first kappa shape index (κ1) is 13.1. The van der Waals surface area contributed by atoms with Crippen LogP contribution in [0.25, 0.3) is 10.9 Å². The monoisotopic (exact) mass is 331 g/mol. The van der Waals surface area contributed by atoms with Gasteiger partial charge in [0.2, 0.25) is 0 Å². The van der Waals surface area contributed by atoms with Crippen LogP contribution >= 0.6 is 15.9 Å². The molecule has 1 N–H and O–H groups in total. The molecule has 0 aliphatic rings. The number of ketones is 1. The van der Waals surface area contributed by atoms with Crippen molar-refractivity contribution in [3.05, 3.63) is 69.6 Å². The van der Waals surface area contributed by atoms with Gasteiger partial charge in [-0.15, -0.1) is 0 Å². The second-order valence-electron chi connectivity index (χ2n) is 4.66. The average Bonchev–Trinajstić information content (AvgIpc) is 2.86. The van der Waals surface area contributed by atoms with E-state index in [0.29, 0.717) is 22.0 Å². The Labute approximate surface area is 123 Å². The van der Waals surface area contributed by atoms with Crippen molar-refractivity contribution in [3.63, 3.8) is 0 Å². The predicted molar refractivity (Wildman–Crippen MR) is 80.6 cm³/mol. The molecule has 1 heterocycles. The van der Waals surface area contributed by atoms with Gasteiger partial charge >= 0.3 is 0 Å². The molecular formula is C16H11BrFNO. The van der Waals surface area contributed by atoms with Gasteiger partial charge in [0.05, 0.1) is 5.56 Å². The molecule has 3 aromatic rings. The molecule has 3 rings (SSSR count). The van der Waals surface area contributed by atoms with Crippen LogP contribution < -0.4 is 0 Å². The third-order valence-electron chi connectivity index (χ3n) is 3.32. The fraction of sp³-hybridized carbons (Fsp3) is 0.0625. The number of aryl methyl sites for hydroxylation is 1. The molecule has 1 aromatic heterocycles. The molecule has 0 atom stereocenters. The number of hydrogen-bond donors (Lipinski definition) is 1. The Bertz CT molecular complexity index is 822. The van der Waals surface area contributed by atoms with E-state index in [1.807, 2.05) is 13.0 Å². The number of fused-ring (bicyclic) bond motifs is 1. The zero-order valence-electron chi connectivity index (χ0n) is 10.7. The van der Waals surface area contributed by atoms with E-state index in [1.54, 1.807) is 30.5 Å². The van der Waals surface area contributed by atoms with Gasteiger partial charge in [0.25, 0.3) is 0 Å². The second-order valence-corrected chi connectivity index (χ2v) is 5.51. The molecule has 0 spiro atoms. The molecular weight excluding hydrogens is 321 g/mol. The minimum Gasteiger partial charge on any atom is -0.360 e. The third-order valence-corrected chi connectivity index (χ3v) is 4.21. The highest BCUT2D eigenvalue weighted by molar-refractivity contribution is 9.10. The maximum absolute atomic E-state index is 13.9. The van der Waals surface area contributed by atoms with Crippen molar-refractivity contribution in [2.24, 2.45) is 0 Å². The maximum atomic E-state index is 13.9. The van der Waals surface area contributed by atoms with Crippen LogP contribution in [-0.4, -0.2) is 10.8 Å². The summed E-state index contributed by atoms with van der Waals surface area (Å²) < 4.78 is 14.9. The van der Waals surface area contributed by atoms with Gasteiger partial charge in [0.1, 0.15) is 5.82 Å². The standard InChI is InChI=1S/C16H11BrFNO/c1-9-7-10(5-6-12(9)17)16(20)11-8-19-14-4-2-3-13(18)15(11)14/h2-8,19H,1H3. The maximum Gasteiger partial charge on any atom is 0.195 e. The van der Waals surface area contributed by atoms with Gasteiger partial charge < -0.3 is 4.98 Å². The number of nitrogens with one attached hydrogen (secondary N) is 1. The lowest BCUT2D eigenvalue weighted by molar-refractivity contribution is 0.104. The van der Waals surface area contributed by atoms with Gasteiger partial charge in [0, 0.05) is 27.1 Å². The summed E-state index contributed by atoms with van der Waals surface area (Å²) in [6, 6.07) is 10.1. The van der Waals surface area contributed by atoms with E-state index in [-0.39, 0.29) is 11.6 Å². The van der Waals surface area contributed by atoms with Crippen LogP contribution in [0.15, 0.2) is 47.1 Å². The summed E-state index contributed by atoms with van der Waals surface area (Å²) in [6.07, 6.45) is 1.56. The van der Waals surface area contributed by atoms with E-state index in [4.69, 9.17) is 0 Å². The molecule has 0 fully saturated rings. The van der Waals surface area contributed by atoms with E-state index in [1.165, 1.54) is 6.07 Å². The Morgan fingerprint density at radius 1 is 1.25 bits per heavy atom. The highest BCUT2D eigenvalue weighted by Gasteiger charge is 2.17. The topological polar surface area (TPSA) is 32.9 Å². The first-order valence-corrected chi connectivity index (χ1v) is 6.93. The van der Waals surface area contributed by atoms with E-state index >= 15 is 0 Å². The van der Waals surface area contributed by atoms with Crippen LogP contribution in [0.4, 0.5) is 4.39 Å². The van der Waals surface area contributed by atoms with Crippen molar-refractivity contribution >= 4 is 32.6 Å². The van der Waals surface area contributed by atoms with Crippen molar-refractivity contribution in [2.45, 2.75) is 6.92 Å². The van der Waals surface area contributed by atoms with Crippen molar-refractivity contribution in [3.8, 4) is 0 Å². The second kappa shape index (κ2) is 4.87. The zero-order valence-corrected chi connectivity index (χ0v) is 12.3. The van der Waals surface area contributed by atoms with E-state index < -0.39 is 0 Å². The van der Waals surface area contributed by atoms with Crippen LogP contribution in [0.5, 0.6) is 0 Å². The quantitative estimate of drug-likeness (QED) is 0.683. The highest BCUT2D eigenvalue weighted by Crippen LogP contribution is 2.25. The number of carbonyl (C=O) groups is 1. The fourth-order valence-electron chi connectivity index (χ4n) is 2.26. The molecule has 0 amide bonds. The lowest BCUT2D eigenvalue weighted by Gasteiger charge is -2.03. The fourth-order valence-corrected chi connectivity index (χ4v) is 2.51. The summed E-state index contributed by atoms with van der Waals surface area (Å²) in [5, 5.41) is 0.345. The van der Waals surface area contributed by atoms with E-state index in [0.717, 1.165) is 10.0 Å². The van der Waals surface area contributed by atoms with Crippen LogP contribution in [0.3, 0.4) is 0 Å². The Kier molecular flexibility index (Phi) is 3.18. The number of H-pyrrole nitrogens is 1. The minimum absolute atomic E-state index is 0.183. The van der Waals surface area contributed by atoms with Gasteiger partial charge in [-0.25, -0.2) is 4.39 Å². The first-order valence-electron chi connectivity index (χ1n) is 6.14. The number of carbonyl (C=O) groups excluding carboxylic acids is 1. The molecule has 0 saturated heterocycles. The van der Waals surface area contributed by atoms with Gasteiger partial charge in [-0.1, -0.05) is 22.0 Å². The summed E-state index contributed by atoms with van der Waals surface area (Å²) in [5.74, 6) is -0.571. The van der Waals surface area contributed by atoms with E-state index in [2.05, 4.69) is 20.9 Å². The number of aromatic amines is 1. The van der Waals surface area contributed by atoms with Crippen LogP contribution in [0.2, 0.25) is 0 Å². The van der Waals surface area contributed by atoms with Crippen molar-refractivity contribution < 1.29 is 9.18 Å². The number of aromatic nitrogens is 1. The first-order chi connectivity index (χ1) is 9.58. The molecule has 20 heavy (non-hydrogen) atoms. The summed E-state index contributed by atoms with van der Waals surface area (Å²) in [7, 11) is 0. The molecule has 100 valence electrons. The Morgan fingerprint density at radius 2 is 2.05 bits per heavy atom. The Balaban J connectivity index is 2.15. The summed E-state index contributed by atoms with van der Waals surface area (Å²) >= 11 is 3.40. The molecule has 0 saturated carbocycles. The van der Waals surface area contributed by atoms with Gasteiger partial charge in [0.15, 0.2) is 5.78 Å². The third kappa shape index (κ3) is 2.06. The number of hydrogen-bond acceptors (Lipinski definition) is 1. The van der Waals surface area contributed by atoms with Crippen molar-refractivity contribution in [1.29, 1.82) is 0 Å². The molecule has 0 unspecified atom stereocenters. The van der Waals surface area contributed by atoms with Gasteiger partial charge in [-0.2, -0.15) is 0 Å². The predicted octanol–water partition coefficient (Wildman–Crippen LogP) is 4.61. The molecule has 4 heteroatoms. The SMILES string of the molecule is Cc1cc(C(=O)c2c[nH]c3cccc(F)c23)ccc1Br. The smallest absolute Gasteiger partial charge is 0.195 e. The highest BCUT2D eigenvalue weighted by atomic mass is 79.9. The molecule has 0 radical (unpaired) electrons. The average molecular weight is 332 g/mol.